The molecule has 2 unspecified atom stereocenters. The van der Waals surface area contributed by atoms with E-state index in [0.717, 1.165) is 19.5 Å². The van der Waals surface area contributed by atoms with E-state index < -0.39 is 5.54 Å². The Bertz CT molecular complexity index is 296. The van der Waals surface area contributed by atoms with E-state index in [1.165, 1.54) is 7.11 Å². The molecule has 0 aromatic carbocycles. The number of methoxy groups -OCH3 is 2. The SMILES string of the molecule is COCCN(CC(C)C)C1CCC(N)(C(=O)OC)C1. The van der Waals surface area contributed by atoms with Gasteiger partial charge in [-0.25, -0.2) is 0 Å². The number of nitrogens with zero attached hydrogens (tertiary/aromatic N) is 1. The Morgan fingerprint density at radius 3 is 2.68 bits per heavy atom. The van der Waals surface area contributed by atoms with E-state index >= 15 is 0 Å². The Hall–Kier alpha value is -0.650. The maximum Gasteiger partial charge on any atom is 0.325 e. The molecule has 1 fully saturated rings. The molecule has 2 N–H and O–H groups in total. The molecule has 0 amide bonds. The minimum atomic E-state index is -0.804. The van der Waals surface area contributed by atoms with Crippen LogP contribution in [0.5, 0.6) is 0 Å². The molecular formula is C14H28N2O3. The summed E-state index contributed by atoms with van der Waals surface area (Å²) in [4.78, 5) is 14.1. The van der Waals surface area contributed by atoms with Gasteiger partial charge in [0.2, 0.25) is 0 Å². The first-order valence-corrected chi connectivity index (χ1v) is 7.03. The number of hydrogen-bond donors (Lipinski definition) is 1. The van der Waals surface area contributed by atoms with Gasteiger partial charge in [0.25, 0.3) is 0 Å². The molecule has 5 heteroatoms. The Balaban J connectivity index is 2.63. The number of ether oxygens (including phenoxy) is 2. The van der Waals surface area contributed by atoms with Crippen LogP contribution in [0.1, 0.15) is 33.1 Å². The molecule has 1 saturated carbocycles. The van der Waals surface area contributed by atoms with Crippen LogP contribution in [0.15, 0.2) is 0 Å². The first-order valence-electron chi connectivity index (χ1n) is 7.03. The molecule has 0 bridgehead atoms. The normalized spacial score (nSPS) is 27.2. The van der Waals surface area contributed by atoms with Crippen molar-refractivity contribution in [3.8, 4) is 0 Å². The summed E-state index contributed by atoms with van der Waals surface area (Å²) in [7, 11) is 3.12. The van der Waals surface area contributed by atoms with Gasteiger partial charge in [-0.1, -0.05) is 13.8 Å². The van der Waals surface area contributed by atoms with Crippen molar-refractivity contribution in [2.75, 3.05) is 33.9 Å². The fraction of sp³-hybridized carbons (Fsp3) is 0.929. The number of carbonyl (C=O) groups is 1. The first kappa shape index (κ1) is 16.4. The zero-order valence-corrected chi connectivity index (χ0v) is 12.6. The summed E-state index contributed by atoms with van der Waals surface area (Å²) in [5.74, 6) is 0.300. The highest BCUT2D eigenvalue weighted by atomic mass is 16.5. The summed E-state index contributed by atoms with van der Waals surface area (Å²) in [6, 6.07) is 0.349. The summed E-state index contributed by atoms with van der Waals surface area (Å²) in [6.45, 7) is 7.00. The number of rotatable bonds is 7. The number of hydrogen-bond acceptors (Lipinski definition) is 5. The van der Waals surface area contributed by atoms with Crippen molar-refractivity contribution in [1.29, 1.82) is 0 Å². The number of esters is 1. The zero-order valence-electron chi connectivity index (χ0n) is 12.6. The quantitative estimate of drug-likeness (QED) is 0.701. The number of nitrogens with two attached hydrogens (primary N) is 1. The average molecular weight is 272 g/mol. The lowest BCUT2D eigenvalue weighted by atomic mass is 9.99. The zero-order chi connectivity index (χ0) is 14.5. The van der Waals surface area contributed by atoms with Crippen LogP contribution in [0.2, 0.25) is 0 Å². The Morgan fingerprint density at radius 2 is 2.16 bits per heavy atom. The van der Waals surface area contributed by atoms with Crippen LogP contribution in [0.4, 0.5) is 0 Å². The monoisotopic (exact) mass is 272 g/mol. The molecule has 2 atom stereocenters. The molecule has 19 heavy (non-hydrogen) atoms. The van der Waals surface area contributed by atoms with Crippen LogP contribution in [0.3, 0.4) is 0 Å². The van der Waals surface area contributed by atoms with Crippen LogP contribution < -0.4 is 5.73 Å². The Labute approximate surface area is 116 Å². The molecule has 0 heterocycles. The molecule has 0 saturated heterocycles. The van der Waals surface area contributed by atoms with E-state index in [1.807, 2.05) is 0 Å². The Kier molecular flexibility index (Phi) is 6.23. The van der Waals surface area contributed by atoms with E-state index in [0.29, 0.717) is 31.4 Å². The third-order valence-corrected chi connectivity index (χ3v) is 3.81. The summed E-state index contributed by atoms with van der Waals surface area (Å²) in [5, 5.41) is 0. The van der Waals surface area contributed by atoms with Gasteiger partial charge in [0.1, 0.15) is 5.54 Å². The van der Waals surface area contributed by atoms with Crippen molar-refractivity contribution >= 4 is 5.97 Å². The molecule has 112 valence electrons. The summed E-state index contributed by atoms with van der Waals surface area (Å²) in [5.41, 5.74) is 5.36. The second-order valence-electron chi connectivity index (χ2n) is 5.93. The van der Waals surface area contributed by atoms with Crippen molar-refractivity contribution in [3.63, 3.8) is 0 Å². The van der Waals surface area contributed by atoms with Gasteiger partial charge >= 0.3 is 5.97 Å². The molecule has 0 radical (unpaired) electrons. The molecule has 5 nitrogen and oxygen atoms in total. The van der Waals surface area contributed by atoms with Crippen molar-refractivity contribution < 1.29 is 14.3 Å². The third kappa shape index (κ3) is 4.44. The second kappa shape index (κ2) is 7.22. The highest BCUT2D eigenvalue weighted by Gasteiger charge is 2.44. The first-order chi connectivity index (χ1) is 8.92. The average Bonchev–Trinajstić information content (AvgIpc) is 2.77. The van der Waals surface area contributed by atoms with Crippen LogP contribution in [0, 0.1) is 5.92 Å². The van der Waals surface area contributed by atoms with Gasteiger partial charge < -0.3 is 15.2 Å². The van der Waals surface area contributed by atoms with E-state index in [1.54, 1.807) is 7.11 Å². The van der Waals surface area contributed by atoms with Crippen LogP contribution in [0.25, 0.3) is 0 Å². The minimum Gasteiger partial charge on any atom is -0.468 e. The van der Waals surface area contributed by atoms with E-state index in [9.17, 15) is 4.79 Å². The van der Waals surface area contributed by atoms with Gasteiger partial charge in [0.05, 0.1) is 13.7 Å². The maximum absolute atomic E-state index is 11.7. The van der Waals surface area contributed by atoms with Crippen LogP contribution in [-0.2, 0) is 14.3 Å². The number of carbonyl (C=O) groups excluding carboxylic acids is 1. The Morgan fingerprint density at radius 1 is 1.47 bits per heavy atom. The molecule has 1 rings (SSSR count). The van der Waals surface area contributed by atoms with Gasteiger partial charge in [-0.3, -0.25) is 9.69 Å². The van der Waals surface area contributed by atoms with E-state index in [-0.39, 0.29) is 5.97 Å². The van der Waals surface area contributed by atoms with Gasteiger partial charge in [-0.05, 0) is 25.2 Å². The van der Waals surface area contributed by atoms with E-state index in [4.69, 9.17) is 15.2 Å². The lowest BCUT2D eigenvalue weighted by Gasteiger charge is -2.31. The fourth-order valence-corrected chi connectivity index (χ4v) is 2.85. The van der Waals surface area contributed by atoms with Crippen LogP contribution >= 0.6 is 0 Å². The van der Waals surface area contributed by atoms with Crippen molar-refractivity contribution in [2.24, 2.45) is 11.7 Å². The van der Waals surface area contributed by atoms with Crippen molar-refractivity contribution in [2.45, 2.75) is 44.7 Å². The van der Waals surface area contributed by atoms with Gasteiger partial charge in [-0.2, -0.15) is 0 Å². The maximum atomic E-state index is 11.7. The summed E-state index contributed by atoms with van der Waals surface area (Å²) >= 11 is 0. The van der Waals surface area contributed by atoms with Crippen LogP contribution in [-0.4, -0.2) is 56.4 Å². The highest BCUT2D eigenvalue weighted by Crippen LogP contribution is 2.32. The largest absolute Gasteiger partial charge is 0.468 e. The molecule has 1 aliphatic rings. The molecular weight excluding hydrogens is 244 g/mol. The minimum absolute atomic E-state index is 0.286. The molecule has 1 aliphatic carbocycles. The third-order valence-electron chi connectivity index (χ3n) is 3.81. The standard InChI is InChI=1S/C14H28N2O3/c1-11(2)10-16(7-8-18-3)12-5-6-14(15,9-12)13(17)19-4/h11-12H,5-10,15H2,1-4H3. The van der Waals surface area contributed by atoms with E-state index in [2.05, 4.69) is 18.7 Å². The molecule has 0 aliphatic heterocycles. The highest BCUT2D eigenvalue weighted by molar-refractivity contribution is 5.81. The summed E-state index contributed by atoms with van der Waals surface area (Å²) < 4.78 is 9.99. The van der Waals surface area contributed by atoms with Crippen molar-refractivity contribution in [1.82, 2.24) is 4.90 Å². The van der Waals surface area contributed by atoms with Gasteiger partial charge in [-0.15, -0.1) is 0 Å². The molecule has 0 aromatic rings. The predicted octanol–water partition coefficient (Wildman–Crippen LogP) is 1.01. The fourth-order valence-electron chi connectivity index (χ4n) is 2.85. The second-order valence-corrected chi connectivity index (χ2v) is 5.93. The van der Waals surface area contributed by atoms with Crippen molar-refractivity contribution in [3.05, 3.63) is 0 Å². The lowest BCUT2D eigenvalue weighted by molar-refractivity contribution is -0.147. The van der Waals surface area contributed by atoms with Gasteiger partial charge in [0.15, 0.2) is 0 Å². The lowest BCUT2D eigenvalue weighted by Crippen LogP contribution is -2.48. The molecule has 0 aromatic heterocycles. The molecule has 0 spiro atoms. The summed E-state index contributed by atoms with van der Waals surface area (Å²) in [6.07, 6.45) is 2.32. The predicted molar refractivity (Wildman–Crippen MR) is 74.9 cm³/mol. The van der Waals surface area contributed by atoms with Gasteiger partial charge in [0, 0.05) is 26.2 Å². The smallest absolute Gasteiger partial charge is 0.325 e. The topological polar surface area (TPSA) is 64.8 Å².